The maximum atomic E-state index is 12.2. The van der Waals surface area contributed by atoms with Gasteiger partial charge in [0, 0.05) is 18.9 Å². The molecule has 1 fully saturated rings. The van der Waals surface area contributed by atoms with Crippen LogP contribution in [-0.4, -0.2) is 34.3 Å². The first-order valence-electron chi connectivity index (χ1n) is 7.00. The number of rotatable bonds is 4. The molecule has 0 radical (unpaired) electrons. The zero-order valence-electron chi connectivity index (χ0n) is 12.2. The van der Waals surface area contributed by atoms with Gasteiger partial charge in [-0.05, 0) is 24.0 Å². The van der Waals surface area contributed by atoms with Crippen LogP contribution in [0.5, 0.6) is 0 Å². The molecule has 2 amide bonds. The summed E-state index contributed by atoms with van der Waals surface area (Å²) in [6.45, 7) is 6.53. The molecular formula is C15H21N3O2. The molecule has 1 saturated heterocycles. The smallest absolute Gasteiger partial charge is 0.243 e. The van der Waals surface area contributed by atoms with E-state index in [0.717, 1.165) is 17.5 Å². The zero-order valence-corrected chi connectivity index (χ0v) is 12.2. The van der Waals surface area contributed by atoms with Gasteiger partial charge >= 0.3 is 0 Å². The number of piperazine rings is 1. The number of hydrogen-bond acceptors (Lipinski definition) is 3. The highest BCUT2D eigenvalue weighted by Gasteiger charge is 2.37. The number of carbonyl (C=O) groups is 2. The molecule has 1 aliphatic rings. The van der Waals surface area contributed by atoms with Crippen LogP contribution in [0.1, 0.15) is 31.4 Å². The number of nitrogens with zero attached hydrogens (tertiary/aromatic N) is 2. The van der Waals surface area contributed by atoms with Crippen LogP contribution in [0.4, 0.5) is 0 Å². The van der Waals surface area contributed by atoms with E-state index in [-0.39, 0.29) is 30.3 Å². The molecule has 1 aromatic heterocycles. The highest BCUT2D eigenvalue weighted by atomic mass is 16.2. The molecule has 1 N–H and O–H groups in total. The number of pyridine rings is 1. The molecule has 0 spiro atoms. The highest BCUT2D eigenvalue weighted by Crippen LogP contribution is 2.20. The number of carbonyl (C=O) groups excluding carboxylic acids is 2. The Morgan fingerprint density at radius 1 is 1.45 bits per heavy atom. The van der Waals surface area contributed by atoms with Crippen molar-refractivity contribution in [2.24, 2.45) is 5.92 Å². The molecule has 0 aliphatic carbocycles. The number of nitrogens with one attached hydrogen (secondary N) is 1. The van der Waals surface area contributed by atoms with E-state index < -0.39 is 0 Å². The molecule has 1 aromatic rings. The zero-order chi connectivity index (χ0) is 14.7. The van der Waals surface area contributed by atoms with Gasteiger partial charge in [0.25, 0.3) is 0 Å². The lowest BCUT2D eigenvalue weighted by Gasteiger charge is -2.38. The van der Waals surface area contributed by atoms with Gasteiger partial charge in [-0.2, -0.15) is 0 Å². The molecule has 0 bridgehead atoms. The van der Waals surface area contributed by atoms with Crippen LogP contribution >= 0.6 is 0 Å². The van der Waals surface area contributed by atoms with Crippen LogP contribution in [0.15, 0.2) is 18.5 Å². The average Bonchev–Trinajstić information content (AvgIpc) is 2.42. The molecule has 2 rings (SSSR count). The summed E-state index contributed by atoms with van der Waals surface area (Å²) in [5.74, 6) is 0.0491. The van der Waals surface area contributed by atoms with Gasteiger partial charge in [-0.3, -0.25) is 14.6 Å². The highest BCUT2D eigenvalue weighted by molar-refractivity contribution is 5.94. The van der Waals surface area contributed by atoms with Gasteiger partial charge in [-0.15, -0.1) is 0 Å². The molecule has 5 nitrogen and oxygen atoms in total. The SMILES string of the molecule is CCC(C)C1C(=O)NCC(=O)N1Cc1cncc(C)c1. The topological polar surface area (TPSA) is 62.3 Å². The summed E-state index contributed by atoms with van der Waals surface area (Å²) in [5.41, 5.74) is 2.01. The third kappa shape index (κ3) is 2.98. The lowest BCUT2D eigenvalue weighted by molar-refractivity contribution is -0.148. The Bertz CT molecular complexity index is 516. The van der Waals surface area contributed by atoms with Crippen LogP contribution in [0.2, 0.25) is 0 Å². The van der Waals surface area contributed by atoms with Gasteiger partial charge in [0.2, 0.25) is 11.8 Å². The molecule has 1 aliphatic heterocycles. The maximum absolute atomic E-state index is 12.2. The van der Waals surface area contributed by atoms with Gasteiger partial charge in [-0.1, -0.05) is 26.3 Å². The summed E-state index contributed by atoms with van der Waals surface area (Å²) < 4.78 is 0. The molecule has 2 unspecified atom stereocenters. The van der Waals surface area contributed by atoms with E-state index >= 15 is 0 Å². The van der Waals surface area contributed by atoms with Gasteiger partial charge < -0.3 is 10.2 Å². The minimum absolute atomic E-state index is 0.0311. The summed E-state index contributed by atoms with van der Waals surface area (Å²) in [6.07, 6.45) is 4.38. The van der Waals surface area contributed by atoms with Crippen molar-refractivity contribution in [2.75, 3.05) is 6.54 Å². The van der Waals surface area contributed by atoms with E-state index in [2.05, 4.69) is 10.3 Å². The standard InChI is InChI=1S/C15H21N3O2/c1-4-11(3)14-15(20)17-8-13(19)18(14)9-12-5-10(2)6-16-7-12/h5-7,11,14H,4,8-9H2,1-3H3,(H,17,20). The van der Waals surface area contributed by atoms with Crippen LogP contribution in [0.3, 0.4) is 0 Å². The molecular weight excluding hydrogens is 254 g/mol. The first kappa shape index (κ1) is 14.5. The maximum Gasteiger partial charge on any atom is 0.243 e. The van der Waals surface area contributed by atoms with Crippen molar-refractivity contribution >= 4 is 11.8 Å². The second-order valence-electron chi connectivity index (χ2n) is 5.44. The van der Waals surface area contributed by atoms with Crippen molar-refractivity contribution in [1.29, 1.82) is 0 Å². The fourth-order valence-corrected chi connectivity index (χ4v) is 2.54. The summed E-state index contributed by atoms with van der Waals surface area (Å²) in [6, 6.07) is 1.61. The lowest BCUT2D eigenvalue weighted by Crippen LogP contribution is -2.60. The summed E-state index contributed by atoms with van der Waals surface area (Å²) in [4.78, 5) is 30.1. The van der Waals surface area contributed by atoms with E-state index in [0.29, 0.717) is 6.54 Å². The third-order valence-corrected chi connectivity index (χ3v) is 3.81. The molecule has 2 heterocycles. The molecule has 108 valence electrons. The first-order chi connectivity index (χ1) is 9.52. The molecule has 0 aromatic carbocycles. The second kappa shape index (κ2) is 6.03. The second-order valence-corrected chi connectivity index (χ2v) is 5.44. The fraction of sp³-hybridized carbons (Fsp3) is 0.533. The minimum Gasteiger partial charge on any atom is -0.345 e. The van der Waals surface area contributed by atoms with E-state index in [9.17, 15) is 9.59 Å². The monoisotopic (exact) mass is 275 g/mol. The molecule has 5 heteroatoms. The number of aromatic nitrogens is 1. The van der Waals surface area contributed by atoms with Crippen molar-refractivity contribution < 1.29 is 9.59 Å². The third-order valence-electron chi connectivity index (χ3n) is 3.81. The quantitative estimate of drug-likeness (QED) is 0.900. The van der Waals surface area contributed by atoms with E-state index in [1.54, 1.807) is 17.3 Å². The van der Waals surface area contributed by atoms with Crippen molar-refractivity contribution in [1.82, 2.24) is 15.2 Å². The Balaban J connectivity index is 2.24. The Morgan fingerprint density at radius 3 is 2.85 bits per heavy atom. The summed E-state index contributed by atoms with van der Waals surface area (Å²) in [5, 5.41) is 2.68. The lowest BCUT2D eigenvalue weighted by atomic mass is 9.94. The first-order valence-corrected chi connectivity index (χ1v) is 7.00. The normalized spacial score (nSPS) is 20.8. The van der Waals surface area contributed by atoms with Gasteiger partial charge in [-0.25, -0.2) is 0 Å². The van der Waals surface area contributed by atoms with Crippen LogP contribution < -0.4 is 5.32 Å². The van der Waals surface area contributed by atoms with E-state index in [1.165, 1.54) is 0 Å². The van der Waals surface area contributed by atoms with Crippen molar-refractivity contribution in [3.8, 4) is 0 Å². The Morgan fingerprint density at radius 2 is 2.20 bits per heavy atom. The fourth-order valence-electron chi connectivity index (χ4n) is 2.54. The van der Waals surface area contributed by atoms with Crippen LogP contribution in [-0.2, 0) is 16.1 Å². The average molecular weight is 275 g/mol. The summed E-state index contributed by atoms with van der Waals surface area (Å²) in [7, 11) is 0. The van der Waals surface area contributed by atoms with E-state index in [4.69, 9.17) is 0 Å². The molecule has 0 saturated carbocycles. The number of aryl methyl sites for hydroxylation is 1. The van der Waals surface area contributed by atoms with Gasteiger partial charge in [0.1, 0.15) is 6.04 Å². The Labute approximate surface area is 119 Å². The van der Waals surface area contributed by atoms with Crippen LogP contribution in [0.25, 0.3) is 0 Å². The van der Waals surface area contributed by atoms with Crippen LogP contribution in [0, 0.1) is 12.8 Å². The predicted octanol–water partition coefficient (Wildman–Crippen LogP) is 1.26. The van der Waals surface area contributed by atoms with Gasteiger partial charge in [0.05, 0.1) is 6.54 Å². The number of amides is 2. The summed E-state index contributed by atoms with van der Waals surface area (Å²) >= 11 is 0. The van der Waals surface area contributed by atoms with Gasteiger partial charge in [0.15, 0.2) is 0 Å². The van der Waals surface area contributed by atoms with Crippen molar-refractivity contribution in [3.05, 3.63) is 29.6 Å². The van der Waals surface area contributed by atoms with Crippen molar-refractivity contribution in [3.63, 3.8) is 0 Å². The van der Waals surface area contributed by atoms with E-state index in [1.807, 2.05) is 26.8 Å². The number of hydrogen-bond donors (Lipinski definition) is 1. The Hall–Kier alpha value is -1.91. The largest absolute Gasteiger partial charge is 0.345 e. The Kier molecular flexibility index (Phi) is 4.37. The molecule has 20 heavy (non-hydrogen) atoms. The van der Waals surface area contributed by atoms with Crippen molar-refractivity contribution in [2.45, 2.75) is 39.8 Å². The predicted molar refractivity (Wildman–Crippen MR) is 75.8 cm³/mol. The minimum atomic E-state index is -0.387. The molecule has 2 atom stereocenters.